The van der Waals surface area contributed by atoms with Gasteiger partial charge in [-0.3, -0.25) is 10.1 Å². The topological polar surface area (TPSA) is 55.2 Å². The Bertz CT molecular complexity index is 401. The fraction of sp³-hybridized carbons (Fsp3) is 0.273. The molecule has 16 heavy (non-hydrogen) atoms. The van der Waals surface area contributed by atoms with Gasteiger partial charge in [0.25, 0.3) is 5.69 Å². The first kappa shape index (κ1) is 12.7. The molecule has 1 aromatic rings. The molecule has 4 nitrogen and oxygen atoms in total. The maximum Gasteiger partial charge on any atom is 0.269 e. The van der Waals surface area contributed by atoms with Gasteiger partial charge in [0.1, 0.15) is 0 Å². The lowest BCUT2D eigenvalue weighted by molar-refractivity contribution is -0.384. The van der Waals surface area contributed by atoms with Crippen molar-refractivity contribution in [1.82, 2.24) is 5.32 Å². The quantitative estimate of drug-likeness (QED) is 0.638. The Morgan fingerprint density at radius 2 is 1.94 bits per heavy atom. The molecule has 1 N–H and O–H groups in total. The molecule has 86 valence electrons. The average Bonchev–Trinajstić information content (AvgIpc) is 2.30. The summed E-state index contributed by atoms with van der Waals surface area (Å²) in [5.41, 5.74) is 2.50. The van der Waals surface area contributed by atoms with Crippen molar-refractivity contribution in [2.75, 3.05) is 13.1 Å². The summed E-state index contributed by atoms with van der Waals surface area (Å²) in [7, 11) is 0. The third-order valence-corrected chi connectivity index (χ3v) is 2.51. The number of nitrogens with one attached hydrogen (secondary N) is 1. The van der Waals surface area contributed by atoms with E-state index in [0.29, 0.717) is 0 Å². The molecule has 1 heterocycles. The van der Waals surface area contributed by atoms with Gasteiger partial charge in [0.2, 0.25) is 0 Å². The van der Waals surface area contributed by atoms with Gasteiger partial charge in [-0.25, -0.2) is 0 Å². The number of nitro benzene ring substituents is 1. The summed E-state index contributed by atoms with van der Waals surface area (Å²) < 4.78 is 0. The summed E-state index contributed by atoms with van der Waals surface area (Å²) in [5.74, 6) is 0. The molecule has 0 spiro atoms. The molecule has 0 bridgehead atoms. The zero-order chi connectivity index (χ0) is 10.7. The van der Waals surface area contributed by atoms with E-state index in [-0.39, 0.29) is 23.0 Å². The molecule has 0 amide bonds. The van der Waals surface area contributed by atoms with Crippen molar-refractivity contribution in [2.45, 2.75) is 6.42 Å². The lowest BCUT2D eigenvalue weighted by Gasteiger charge is -2.13. The zero-order valence-electron chi connectivity index (χ0n) is 8.68. The molecular weight excluding hydrogens is 228 g/mol. The van der Waals surface area contributed by atoms with Crippen molar-refractivity contribution in [3.63, 3.8) is 0 Å². The van der Waals surface area contributed by atoms with Gasteiger partial charge in [-0.2, -0.15) is 0 Å². The lowest BCUT2D eigenvalue weighted by Crippen LogP contribution is -2.19. The van der Waals surface area contributed by atoms with Crippen LogP contribution < -0.4 is 5.32 Å². The smallest absolute Gasteiger partial charge is 0.269 e. The maximum absolute atomic E-state index is 10.5. The molecule has 1 aliphatic rings. The summed E-state index contributed by atoms with van der Waals surface area (Å²) in [5, 5.41) is 13.7. The van der Waals surface area contributed by atoms with E-state index in [0.717, 1.165) is 25.1 Å². The Hall–Kier alpha value is -1.39. The van der Waals surface area contributed by atoms with Crippen LogP contribution in [0.3, 0.4) is 0 Å². The minimum Gasteiger partial charge on any atom is -0.313 e. The summed E-state index contributed by atoms with van der Waals surface area (Å²) in [6, 6.07) is 6.74. The molecule has 1 aliphatic heterocycles. The van der Waals surface area contributed by atoms with Crippen molar-refractivity contribution >= 4 is 23.7 Å². The first-order chi connectivity index (χ1) is 7.27. The minimum absolute atomic E-state index is 0. The van der Waals surface area contributed by atoms with Crippen LogP contribution in [0.4, 0.5) is 5.69 Å². The molecule has 0 radical (unpaired) electrons. The number of nitrogens with zero attached hydrogens (tertiary/aromatic N) is 1. The van der Waals surface area contributed by atoms with E-state index in [2.05, 4.69) is 11.4 Å². The number of benzene rings is 1. The van der Waals surface area contributed by atoms with Crippen molar-refractivity contribution in [1.29, 1.82) is 0 Å². The Kier molecular flexibility index (Phi) is 4.46. The van der Waals surface area contributed by atoms with Gasteiger partial charge in [0.15, 0.2) is 0 Å². The molecule has 0 saturated heterocycles. The zero-order valence-corrected chi connectivity index (χ0v) is 9.50. The number of hydrogen-bond donors (Lipinski definition) is 1. The minimum atomic E-state index is -0.374. The number of hydrogen-bond acceptors (Lipinski definition) is 3. The van der Waals surface area contributed by atoms with Gasteiger partial charge < -0.3 is 5.32 Å². The fourth-order valence-electron chi connectivity index (χ4n) is 1.68. The van der Waals surface area contributed by atoms with Gasteiger partial charge in [-0.05, 0) is 36.2 Å². The van der Waals surface area contributed by atoms with Gasteiger partial charge >= 0.3 is 0 Å². The van der Waals surface area contributed by atoms with E-state index in [1.807, 2.05) is 12.1 Å². The average molecular weight is 241 g/mol. The highest BCUT2D eigenvalue weighted by atomic mass is 35.5. The highest BCUT2D eigenvalue weighted by Gasteiger charge is 2.08. The van der Waals surface area contributed by atoms with Crippen LogP contribution in [0.1, 0.15) is 12.0 Å². The van der Waals surface area contributed by atoms with Crippen LogP contribution in [0, 0.1) is 10.1 Å². The monoisotopic (exact) mass is 240 g/mol. The second kappa shape index (κ2) is 5.63. The van der Waals surface area contributed by atoms with Crippen LogP contribution >= 0.6 is 12.4 Å². The van der Waals surface area contributed by atoms with Gasteiger partial charge in [-0.15, -0.1) is 12.4 Å². The van der Waals surface area contributed by atoms with Crippen molar-refractivity contribution < 1.29 is 4.92 Å². The molecule has 0 unspecified atom stereocenters. The molecule has 0 fully saturated rings. The fourth-order valence-corrected chi connectivity index (χ4v) is 1.68. The SMILES string of the molecule is Cl.O=[N+]([O-])c1ccc(C2=CCNCC2)cc1. The predicted octanol–water partition coefficient (Wildman–Crippen LogP) is 2.39. The highest BCUT2D eigenvalue weighted by Crippen LogP contribution is 2.21. The van der Waals surface area contributed by atoms with Gasteiger partial charge in [0, 0.05) is 18.7 Å². The van der Waals surface area contributed by atoms with Crippen LogP contribution in [0.2, 0.25) is 0 Å². The first-order valence-electron chi connectivity index (χ1n) is 4.92. The van der Waals surface area contributed by atoms with Crippen molar-refractivity contribution in [3.8, 4) is 0 Å². The number of halogens is 1. The molecule has 0 aliphatic carbocycles. The third kappa shape index (κ3) is 2.81. The van der Waals surface area contributed by atoms with Crippen LogP contribution in [0.5, 0.6) is 0 Å². The predicted molar refractivity (Wildman–Crippen MR) is 65.8 cm³/mol. The molecular formula is C11H13ClN2O2. The second-order valence-electron chi connectivity index (χ2n) is 3.49. The summed E-state index contributed by atoms with van der Waals surface area (Å²) >= 11 is 0. The maximum atomic E-state index is 10.5. The highest BCUT2D eigenvalue weighted by molar-refractivity contribution is 5.85. The Morgan fingerprint density at radius 1 is 1.25 bits per heavy atom. The number of non-ortho nitro benzene ring substituents is 1. The number of rotatable bonds is 2. The van der Waals surface area contributed by atoms with E-state index < -0.39 is 0 Å². The standard InChI is InChI=1S/C11H12N2O2.ClH/c14-13(15)11-3-1-9(2-4-11)10-5-7-12-8-6-10;/h1-5,12H,6-8H2;1H. The molecule has 0 aromatic heterocycles. The van der Waals surface area contributed by atoms with Gasteiger partial charge in [-0.1, -0.05) is 6.08 Å². The third-order valence-electron chi connectivity index (χ3n) is 2.51. The summed E-state index contributed by atoms with van der Waals surface area (Å²) in [4.78, 5) is 10.1. The first-order valence-corrected chi connectivity index (χ1v) is 4.92. The van der Waals surface area contributed by atoms with E-state index in [1.54, 1.807) is 12.1 Å². The Balaban J connectivity index is 0.00000128. The van der Waals surface area contributed by atoms with Crippen LogP contribution in [0.15, 0.2) is 30.3 Å². The largest absolute Gasteiger partial charge is 0.313 e. The second-order valence-corrected chi connectivity index (χ2v) is 3.49. The van der Waals surface area contributed by atoms with Crippen LogP contribution in [-0.2, 0) is 0 Å². The number of nitro groups is 1. The van der Waals surface area contributed by atoms with Crippen LogP contribution in [0.25, 0.3) is 5.57 Å². The molecule has 2 rings (SSSR count). The van der Waals surface area contributed by atoms with Crippen LogP contribution in [-0.4, -0.2) is 18.0 Å². The summed E-state index contributed by atoms with van der Waals surface area (Å²) in [6.07, 6.45) is 3.11. The normalized spacial score (nSPS) is 14.9. The summed E-state index contributed by atoms with van der Waals surface area (Å²) in [6.45, 7) is 1.86. The van der Waals surface area contributed by atoms with E-state index in [1.165, 1.54) is 5.57 Å². The van der Waals surface area contributed by atoms with Crippen molar-refractivity contribution in [3.05, 3.63) is 46.0 Å². The van der Waals surface area contributed by atoms with E-state index in [9.17, 15) is 10.1 Å². The molecule has 5 heteroatoms. The van der Waals surface area contributed by atoms with E-state index in [4.69, 9.17) is 0 Å². The van der Waals surface area contributed by atoms with Gasteiger partial charge in [0.05, 0.1) is 4.92 Å². The molecule has 0 saturated carbocycles. The molecule has 1 aromatic carbocycles. The Labute approximate surface area is 99.9 Å². The molecule has 0 atom stereocenters. The van der Waals surface area contributed by atoms with E-state index >= 15 is 0 Å². The Morgan fingerprint density at radius 3 is 2.44 bits per heavy atom. The lowest BCUT2D eigenvalue weighted by atomic mass is 10.0. The van der Waals surface area contributed by atoms with Crippen molar-refractivity contribution in [2.24, 2.45) is 0 Å².